The molecule has 0 radical (unpaired) electrons. The van der Waals surface area contributed by atoms with Gasteiger partial charge in [-0.25, -0.2) is 0 Å². The summed E-state index contributed by atoms with van der Waals surface area (Å²) in [4.78, 5) is 11.1. The SMILES string of the molecule is COC(=O)Cc1cc(C)c(N)c(OC)c1. The predicted molar refractivity (Wildman–Crippen MR) is 57.9 cm³/mol. The van der Waals surface area contributed by atoms with Crippen LogP contribution in [0.4, 0.5) is 5.69 Å². The zero-order valence-electron chi connectivity index (χ0n) is 9.16. The Bertz CT molecular complexity index is 374. The lowest BCUT2D eigenvalue weighted by molar-refractivity contribution is -0.139. The van der Waals surface area contributed by atoms with Crippen molar-refractivity contribution in [1.82, 2.24) is 0 Å². The molecule has 0 bridgehead atoms. The van der Waals surface area contributed by atoms with E-state index in [1.54, 1.807) is 13.2 Å². The van der Waals surface area contributed by atoms with Gasteiger partial charge in [0.2, 0.25) is 0 Å². The third kappa shape index (κ3) is 2.62. The second-order valence-electron chi connectivity index (χ2n) is 3.28. The zero-order valence-corrected chi connectivity index (χ0v) is 9.16. The number of benzene rings is 1. The van der Waals surface area contributed by atoms with E-state index in [1.165, 1.54) is 7.11 Å². The number of methoxy groups -OCH3 is 2. The maximum Gasteiger partial charge on any atom is 0.309 e. The van der Waals surface area contributed by atoms with Crippen LogP contribution < -0.4 is 10.5 Å². The van der Waals surface area contributed by atoms with Crippen LogP contribution in [-0.4, -0.2) is 20.2 Å². The number of nitrogens with two attached hydrogens (primary N) is 1. The van der Waals surface area contributed by atoms with Crippen molar-refractivity contribution in [2.75, 3.05) is 20.0 Å². The Kier molecular flexibility index (Phi) is 3.55. The molecule has 4 heteroatoms. The van der Waals surface area contributed by atoms with Crippen molar-refractivity contribution in [2.24, 2.45) is 0 Å². The lowest BCUT2D eigenvalue weighted by Gasteiger charge is -2.10. The van der Waals surface area contributed by atoms with E-state index in [0.717, 1.165) is 11.1 Å². The van der Waals surface area contributed by atoms with Crippen molar-refractivity contribution in [1.29, 1.82) is 0 Å². The smallest absolute Gasteiger partial charge is 0.309 e. The monoisotopic (exact) mass is 209 g/mol. The fourth-order valence-electron chi connectivity index (χ4n) is 1.35. The summed E-state index contributed by atoms with van der Waals surface area (Å²) in [6.07, 6.45) is 0.230. The Morgan fingerprint density at radius 2 is 2.07 bits per heavy atom. The molecule has 0 atom stereocenters. The van der Waals surface area contributed by atoms with E-state index in [1.807, 2.05) is 13.0 Å². The van der Waals surface area contributed by atoms with Crippen LogP contribution >= 0.6 is 0 Å². The molecule has 15 heavy (non-hydrogen) atoms. The standard InChI is InChI=1S/C11H15NO3/c1-7-4-8(6-10(13)15-3)5-9(14-2)11(7)12/h4-5H,6,12H2,1-3H3. The summed E-state index contributed by atoms with van der Waals surface area (Å²) in [6.45, 7) is 1.87. The van der Waals surface area contributed by atoms with Gasteiger partial charge in [0.1, 0.15) is 5.75 Å². The number of ether oxygens (including phenoxy) is 2. The molecule has 1 aromatic rings. The van der Waals surface area contributed by atoms with Crippen molar-refractivity contribution in [3.8, 4) is 5.75 Å². The summed E-state index contributed by atoms with van der Waals surface area (Å²) >= 11 is 0. The summed E-state index contributed by atoms with van der Waals surface area (Å²) in [7, 11) is 2.91. The number of carbonyl (C=O) groups is 1. The zero-order chi connectivity index (χ0) is 11.4. The van der Waals surface area contributed by atoms with Crippen LogP contribution in [0.1, 0.15) is 11.1 Å². The average molecular weight is 209 g/mol. The van der Waals surface area contributed by atoms with Crippen molar-refractivity contribution >= 4 is 11.7 Å². The van der Waals surface area contributed by atoms with Crippen molar-refractivity contribution < 1.29 is 14.3 Å². The summed E-state index contributed by atoms with van der Waals surface area (Å²) in [5.74, 6) is 0.315. The van der Waals surface area contributed by atoms with E-state index in [9.17, 15) is 4.79 Å². The predicted octanol–water partition coefficient (Wildman–Crippen LogP) is 1.30. The Morgan fingerprint density at radius 1 is 1.40 bits per heavy atom. The van der Waals surface area contributed by atoms with Gasteiger partial charge in [0, 0.05) is 0 Å². The summed E-state index contributed by atoms with van der Waals surface area (Å²) in [6, 6.07) is 3.61. The Balaban J connectivity index is 3.00. The molecule has 0 aromatic heterocycles. The number of hydrogen-bond acceptors (Lipinski definition) is 4. The highest BCUT2D eigenvalue weighted by atomic mass is 16.5. The van der Waals surface area contributed by atoms with E-state index in [0.29, 0.717) is 11.4 Å². The summed E-state index contributed by atoms with van der Waals surface area (Å²) in [5.41, 5.74) is 8.12. The first-order chi connectivity index (χ1) is 7.08. The fraction of sp³-hybridized carbons (Fsp3) is 0.364. The first kappa shape index (κ1) is 11.4. The minimum absolute atomic E-state index is 0.230. The molecule has 0 aliphatic rings. The second-order valence-corrected chi connectivity index (χ2v) is 3.28. The van der Waals surface area contributed by atoms with Gasteiger partial charge in [-0.1, -0.05) is 6.07 Å². The molecular formula is C11H15NO3. The summed E-state index contributed by atoms with van der Waals surface area (Å²) in [5, 5.41) is 0. The van der Waals surface area contributed by atoms with Gasteiger partial charge in [-0.2, -0.15) is 0 Å². The molecule has 0 aliphatic heterocycles. The van der Waals surface area contributed by atoms with E-state index in [-0.39, 0.29) is 12.4 Å². The maximum absolute atomic E-state index is 11.1. The molecule has 4 nitrogen and oxygen atoms in total. The summed E-state index contributed by atoms with van der Waals surface area (Å²) < 4.78 is 9.69. The van der Waals surface area contributed by atoms with Crippen LogP contribution in [-0.2, 0) is 16.0 Å². The first-order valence-corrected chi connectivity index (χ1v) is 4.58. The molecule has 0 heterocycles. The third-order valence-electron chi connectivity index (χ3n) is 2.20. The van der Waals surface area contributed by atoms with Gasteiger partial charge in [0.05, 0.1) is 26.3 Å². The van der Waals surface area contributed by atoms with Crippen molar-refractivity contribution in [2.45, 2.75) is 13.3 Å². The van der Waals surface area contributed by atoms with Crippen LogP contribution in [0.3, 0.4) is 0 Å². The molecule has 1 aromatic carbocycles. The highest BCUT2D eigenvalue weighted by Crippen LogP contribution is 2.26. The molecule has 0 saturated carbocycles. The van der Waals surface area contributed by atoms with Gasteiger partial charge in [-0.15, -0.1) is 0 Å². The van der Waals surface area contributed by atoms with E-state index >= 15 is 0 Å². The molecule has 0 spiro atoms. The Morgan fingerprint density at radius 3 is 2.60 bits per heavy atom. The van der Waals surface area contributed by atoms with Crippen LogP contribution in [0.2, 0.25) is 0 Å². The first-order valence-electron chi connectivity index (χ1n) is 4.58. The van der Waals surface area contributed by atoms with E-state index in [4.69, 9.17) is 10.5 Å². The van der Waals surface area contributed by atoms with Crippen molar-refractivity contribution in [3.63, 3.8) is 0 Å². The molecule has 0 fully saturated rings. The van der Waals surface area contributed by atoms with Crippen molar-refractivity contribution in [3.05, 3.63) is 23.3 Å². The van der Waals surface area contributed by atoms with Gasteiger partial charge in [-0.05, 0) is 24.1 Å². The molecule has 1 rings (SSSR count). The highest BCUT2D eigenvalue weighted by molar-refractivity contribution is 5.73. The Labute approximate surface area is 89.0 Å². The molecule has 0 aliphatic carbocycles. The molecule has 0 saturated heterocycles. The number of esters is 1. The normalized spacial score (nSPS) is 9.80. The fourth-order valence-corrected chi connectivity index (χ4v) is 1.35. The molecule has 82 valence electrons. The third-order valence-corrected chi connectivity index (χ3v) is 2.20. The minimum atomic E-state index is -0.277. The van der Waals surface area contributed by atoms with Gasteiger partial charge >= 0.3 is 5.97 Å². The number of anilines is 1. The molecule has 0 unspecified atom stereocenters. The number of nitrogen functional groups attached to an aromatic ring is 1. The highest BCUT2D eigenvalue weighted by Gasteiger charge is 2.08. The van der Waals surface area contributed by atoms with Crippen LogP contribution in [0.15, 0.2) is 12.1 Å². The topological polar surface area (TPSA) is 61.5 Å². The lowest BCUT2D eigenvalue weighted by Crippen LogP contribution is -2.06. The van der Waals surface area contributed by atoms with E-state index in [2.05, 4.69) is 4.74 Å². The molecule has 2 N–H and O–H groups in total. The van der Waals surface area contributed by atoms with Gasteiger partial charge < -0.3 is 15.2 Å². The molecular weight excluding hydrogens is 194 g/mol. The largest absolute Gasteiger partial charge is 0.495 e. The minimum Gasteiger partial charge on any atom is -0.495 e. The Hall–Kier alpha value is -1.71. The van der Waals surface area contributed by atoms with Crippen LogP contribution in [0, 0.1) is 6.92 Å². The number of rotatable bonds is 3. The number of carbonyl (C=O) groups excluding carboxylic acids is 1. The quantitative estimate of drug-likeness (QED) is 0.602. The van der Waals surface area contributed by atoms with Gasteiger partial charge in [0.25, 0.3) is 0 Å². The van der Waals surface area contributed by atoms with Crippen LogP contribution in [0.25, 0.3) is 0 Å². The van der Waals surface area contributed by atoms with E-state index < -0.39 is 0 Å². The van der Waals surface area contributed by atoms with Gasteiger partial charge in [0.15, 0.2) is 0 Å². The lowest BCUT2D eigenvalue weighted by atomic mass is 10.1. The molecule has 0 amide bonds. The second kappa shape index (κ2) is 4.68. The average Bonchev–Trinajstić information content (AvgIpc) is 2.22. The van der Waals surface area contributed by atoms with Gasteiger partial charge in [-0.3, -0.25) is 4.79 Å². The van der Waals surface area contributed by atoms with Crippen LogP contribution in [0.5, 0.6) is 5.75 Å². The number of hydrogen-bond donors (Lipinski definition) is 1. The maximum atomic E-state index is 11.1. The number of aryl methyl sites for hydroxylation is 1.